The molecule has 0 saturated carbocycles. The van der Waals surface area contributed by atoms with Crippen LogP contribution in [-0.4, -0.2) is 25.3 Å². The highest BCUT2D eigenvalue weighted by Gasteiger charge is 2.23. The van der Waals surface area contributed by atoms with Gasteiger partial charge in [0.1, 0.15) is 0 Å². The van der Waals surface area contributed by atoms with Crippen LogP contribution in [0.2, 0.25) is 0 Å². The van der Waals surface area contributed by atoms with Crippen molar-refractivity contribution in [2.24, 2.45) is 0 Å². The van der Waals surface area contributed by atoms with Crippen LogP contribution in [0.3, 0.4) is 0 Å². The zero-order valence-electron chi connectivity index (χ0n) is 6.22. The van der Waals surface area contributed by atoms with Crippen molar-refractivity contribution in [3.8, 4) is 0 Å². The molecular weight excluding hydrogens is 148 g/mol. The minimum atomic E-state index is -0.516. The third kappa shape index (κ3) is 2.10. The van der Waals surface area contributed by atoms with Gasteiger partial charge in [-0.3, -0.25) is 4.79 Å². The second-order valence-electron chi connectivity index (χ2n) is 2.25. The van der Waals surface area contributed by atoms with Crippen molar-refractivity contribution in [3.63, 3.8) is 0 Å². The summed E-state index contributed by atoms with van der Waals surface area (Å²) in [5.41, 5.74) is 0. The van der Waals surface area contributed by atoms with Crippen molar-refractivity contribution in [1.29, 1.82) is 0 Å². The van der Waals surface area contributed by atoms with Crippen LogP contribution in [0, 0.1) is 0 Å². The van der Waals surface area contributed by atoms with Crippen LogP contribution in [0.4, 0.5) is 4.79 Å². The highest BCUT2D eigenvalue weighted by Crippen LogP contribution is 2.07. The molecule has 0 spiro atoms. The summed E-state index contributed by atoms with van der Waals surface area (Å²) in [7, 11) is 1.47. The molecule has 1 rings (SSSR count). The van der Waals surface area contributed by atoms with E-state index in [-0.39, 0.29) is 5.91 Å². The molecule has 0 bridgehead atoms. The van der Waals surface area contributed by atoms with Gasteiger partial charge in [0.15, 0.2) is 6.23 Å². The monoisotopic (exact) mass is 158 g/mol. The molecule has 1 aliphatic rings. The number of rotatable bonds is 1. The maximum absolute atomic E-state index is 10.6. The standard InChI is InChI=1S/C6H10N2O3/c1-7-6(10)11-5-3-2-4(9)8-5/h5H,2-3H2,1H3,(H,7,10)(H,8,9). The van der Waals surface area contributed by atoms with Gasteiger partial charge in [0.2, 0.25) is 5.91 Å². The zero-order valence-corrected chi connectivity index (χ0v) is 6.22. The Morgan fingerprint density at radius 2 is 2.55 bits per heavy atom. The topological polar surface area (TPSA) is 67.4 Å². The van der Waals surface area contributed by atoms with E-state index in [2.05, 4.69) is 10.6 Å². The second-order valence-corrected chi connectivity index (χ2v) is 2.25. The van der Waals surface area contributed by atoms with Gasteiger partial charge in [-0.2, -0.15) is 0 Å². The molecule has 0 aliphatic carbocycles. The van der Waals surface area contributed by atoms with Gasteiger partial charge in [-0.15, -0.1) is 0 Å². The summed E-state index contributed by atoms with van der Waals surface area (Å²) in [5.74, 6) is -0.0705. The number of carbonyl (C=O) groups excluding carboxylic acids is 2. The van der Waals surface area contributed by atoms with Crippen molar-refractivity contribution in [3.05, 3.63) is 0 Å². The summed E-state index contributed by atoms with van der Waals surface area (Å²) in [6.45, 7) is 0. The quantitative estimate of drug-likeness (QED) is 0.544. The highest BCUT2D eigenvalue weighted by atomic mass is 16.6. The lowest BCUT2D eigenvalue weighted by atomic mass is 10.3. The normalized spacial score (nSPS) is 22.6. The number of alkyl carbamates (subject to hydrolysis) is 1. The Bertz CT molecular complexity index is 181. The third-order valence-electron chi connectivity index (χ3n) is 1.41. The Kier molecular flexibility index (Phi) is 2.30. The first-order chi connectivity index (χ1) is 5.22. The summed E-state index contributed by atoms with van der Waals surface area (Å²) in [6, 6.07) is 0. The number of ether oxygens (including phenoxy) is 1. The molecule has 1 fully saturated rings. The maximum atomic E-state index is 10.6. The molecule has 2 amide bonds. The molecule has 0 aromatic rings. The third-order valence-corrected chi connectivity index (χ3v) is 1.41. The largest absolute Gasteiger partial charge is 0.426 e. The molecule has 5 nitrogen and oxygen atoms in total. The predicted octanol–water partition coefficient (Wildman–Crippen LogP) is -0.422. The fourth-order valence-electron chi connectivity index (χ4n) is 0.863. The van der Waals surface area contributed by atoms with Gasteiger partial charge in [-0.05, 0) is 0 Å². The minimum Gasteiger partial charge on any atom is -0.426 e. The van der Waals surface area contributed by atoms with Crippen LogP contribution in [0.1, 0.15) is 12.8 Å². The van der Waals surface area contributed by atoms with Crippen LogP contribution >= 0.6 is 0 Å². The Morgan fingerprint density at radius 1 is 1.82 bits per heavy atom. The Morgan fingerprint density at radius 3 is 3.00 bits per heavy atom. The van der Waals surface area contributed by atoms with Crippen molar-refractivity contribution in [1.82, 2.24) is 10.6 Å². The summed E-state index contributed by atoms with van der Waals surface area (Å²) in [4.78, 5) is 21.2. The average Bonchev–Trinajstić information content (AvgIpc) is 2.35. The number of amides is 2. The molecule has 0 aromatic heterocycles. The van der Waals surface area contributed by atoms with Crippen LogP contribution in [0.15, 0.2) is 0 Å². The van der Waals surface area contributed by atoms with Crippen molar-refractivity contribution >= 4 is 12.0 Å². The number of hydrogen-bond donors (Lipinski definition) is 2. The van der Waals surface area contributed by atoms with E-state index >= 15 is 0 Å². The number of nitrogens with one attached hydrogen (secondary N) is 2. The SMILES string of the molecule is CNC(=O)OC1CCC(=O)N1. The van der Waals surface area contributed by atoms with Gasteiger partial charge in [-0.1, -0.05) is 0 Å². The lowest BCUT2D eigenvalue weighted by molar-refractivity contribution is -0.120. The summed E-state index contributed by atoms with van der Waals surface area (Å²) in [6.07, 6.45) is 0.0353. The smallest absolute Gasteiger partial charge is 0.408 e. The van der Waals surface area contributed by atoms with Crippen LogP contribution in [-0.2, 0) is 9.53 Å². The van der Waals surface area contributed by atoms with Crippen molar-refractivity contribution in [2.45, 2.75) is 19.1 Å². The lowest BCUT2D eigenvalue weighted by Gasteiger charge is -2.09. The van der Waals surface area contributed by atoms with E-state index in [0.717, 1.165) is 0 Å². The molecule has 0 radical (unpaired) electrons. The molecular formula is C6H10N2O3. The van der Waals surface area contributed by atoms with E-state index in [4.69, 9.17) is 4.74 Å². The lowest BCUT2D eigenvalue weighted by Crippen LogP contribution is -2.33. The van der Waals surface area contributed by atoms with Gasteiger partial charge < -0.3 is 15.4 Å². The first-order valence-electron chi connectivity index (χ1n) is 3.40. The van der Waals surface area contributed by atoms with Crippen LogP contribution in [0.25, 0.3) is 0 Å². The molecule has 11 heavy (non-hydrogen) atoms. The molecule has 1 aliphatic heterocycles. The molecule has 2 N–H and O–H groups in total. The molecule has 62 valence electrons. The van der Waals surface area contributed by atoms with E-state index in [0.29, 0.717) is 12.8 Å². The minimum absolute atomic E-state index is 0.0705. The molecule has 5 heteroatoms. The van der Waals surface area contributed by atoms with Crippen molar-refractivity contribution < 1.29 is 14.3 Å². The summed E-state index contributed by atoms with van der Waals surface area (Å²) >= 11 is 0. The van der Waals surface area contributed by atoms with Gasteiger partial charge in [-0.25, -0.2) is 4.79 Å². The van der Waals surface area contributed by atoms with E-state index in [1.807, 2.05) is 0 Å². The maximum Gasteiger partial charge on any atom is 0.408 e. The fourth-order valence-corrected chi connectivity index (χ4v) is 0.863. The second kappa shape index (κ2) is 3.23. The first-order valence-corrected chi connectivity index (χ1v) is 3.40. The molecule has 1 heterocycles. The molecule has 1 saturated heterocycles. The summed E-state index contributed by atoms with van der Waals surface area (Å²) in [5, 5.41) is 4.79. The van der Waals surface area contributed by atoms with Crippen molar-refractivity contribution in [2.75, 3.05) is 7.05 Å². The highest BCUT2D eigenvalue weighted by molar-refractivity contribution is 5.78. The van der Waals surface area contributed by atoms with Gasteiger partial charge in [0, 0.05) is 19.9 Å². The van der Waals surface area contributed by atoms with Crippen LogP contribution < -0.4 is 10.6 Å². The Labute approximate surface area is 64.1 Å². The van der Waals surface area contributed by atoms with Gasteiger partial charge >= 0.3 is 6.09 Å². The molecule has 1 unspecified atom stereocenters. The number of hydrogen-bond acceptors (Lipinski definition) is 3. The Balaban J connectivity index is 2.28. The van der Waals surface area contributed by atoms with E-state index in [9.17, 15) is 9.59 Å². The average molecular weight is 158 g/mol. The summed E-state index contributed by atoms with van der Waals surface area (Å²) < 4.78 is 4.75. The Hall–Kier alpha value is -1.26. The number of carbonyl (C=O) groups is 2. The van der Waals surface area contributed by atoms with E-state index < -0.39 is 12.3 Å². The van der Waals surface area contributed by atoms with Crippen LogP contribution in [0.5, 0.6) is 0 Å². The first kappa shape index (κ1) is 7.84. The zero-order chi connectivity index (χ0) is 8.27. The molecule has 1 atom stereocenters. The van der Waals surface area contributed by atoms with Gasteiger partial charge in [0.25, 0.3) is 0 Å². The fraction of sp³-hybridized carbons (Fsp3) is 0.667. The molecule has 0 aromatic carbocycles. The van der Waals surface area contributed by atoms with E-state index in [1.165, 1.54) is 7.05 Å². The predicted molar refractivity (Wildman–Crippen MR) is 36.7 cm³/mol. The van der Waals surface area contributed by atoms with E-state index in [1.54, 1.807) is 0 Å². The van der Waals surface area contributed by atoms with Gasteiger partial charge in [0.05, 0.1) is 0 Å².